The fourth-order valence-electron chi connectivity index (χ4n) is 2.71. The zero-order valence-electron chi connectivity index (χ0n) is 10.3. The Balaban J connectivity index is 1.92. The third kappa shape index (κ3) is 2.32. The lowest BCUT2D eigenvalue weighted by atomic mass is 10.00. The quantitative estimate of drug-likeness (QED) is 0.684. The first-order valence-corrected chi connectivity index (χ1v) is 6.03. The van der Waals surface area contributed by atoms with E-state index in [0.717, 1.165) is 19.4 Å². The number of rotatable bonds is 0. The SMILES string of the molecule is CC(C)(C)OC(=O)N1C[C@H]2CC[C@H](O)[C@@H]2C1. The predicted molar refractivity (Wildman–Crippen MR) is 60.0 cm³/mol. The second kappa shape index (κ2) is 3.91. The zero-order valence-corrected chi connectivity index (χ0v) is 10.3. The highest BCUT2D eigenvalue weighted by Crippen LogP contribution is 2.38. The molecule has 2 aliphatic rings. The molecular formula is C12H21NO3. The van der Waals surface area contributed by atoms with Crippen molar-refractivity contribution >= 4 is 6.09 Å². The number of carbonyl (C=O) groups excluding carboxylic acids is 1. The second-order valence-corrected chi connectivity index (χ2v) is 5.95. The van der Waals surface area contributed by atoms with E-state index in [-0.39, 0.29) is 18.1 Å². The standard InChI is InChI=1S/C12H21NO3/c1-12(2,3)16-11(15)13-6-8-4-5-10(14)9(8)7-13/h8-10,14H,4-7H2,1-3H3/t8-,9-,10+/m1/s1. The molecule has 4 heteroatoms. The van der Waals surface area contributed by atoms with Crippen molar-refractivity contribution in [2.24, 2.45) is 11.8 Å². The van der Waals surface area contributed by atoms with Gasteiger partial charge in [0.25, 0.3) is 0 Å². The van der Waals surface area contributed by atoms with Crippen LogP contribution in [0.1, 0.15) is 33.6 Å². The van der Waals surface area contributed by atoms with E-state index >= 15 is 0 Å². The summed E-state index contributed by atoms with van der Waals surface area (Å²) in [6, 6.07) is 0. The van der Waals surface area contributed by atoms with Crippen LogP contribution in [-0.2, 0) is 4.74 Å². The minimum absolute atomic E-state index is 0.225. The third-order valence-corrected chi connectivity index (χ3v) is 3.47. The van der Waals surface area contributed by atoms with Crippen molar-refractivity contribution < 1.29 is 14.6 Å². The Bertz CT molecular complexity index is 284. The van der Waals surface area contributed by atoms with Crippen LogP contribution in [0, 0.1) is 11.8 Å². The molecule has 0 radical (unpaired) electrons. The molecule has 1 heterocycles. The highest BCUT2D eigenvalue weighted by Gasteiger charge is 2.44. The van der Waals surface area contributed by atoms with E-state index in [1.165, 1.54) is 0 Å². The van der Waals surface area contributed by atoms with E-state index in [2.05, 4.69) is 0 Å². The van der Waals surface area contributed by atoms with Crippen molar-refractivity contribution in [2.75, 3.05) is 13.1 Å². The minimum atomic E-state index is -0.437. The molecule has 16 heavy (non-hydrogen) atoms. The third-order valence-electron chi connectivity index (χ3n) is 3.47. The van der Waals surface area contributed by atoms with Gasteiger partial charge < -0.3 is 14.7 Å². The number of aliphatic hydroxyl groups excluding tert-OH is 1. The average molecular weight is 227 g/mol. The van der Waals surface area contributed by atoms with Gasteiger partial charge in [-0.25, -0.2) is 4.79 Å². The van der Waals surface area contributed by atoms with Crippen LogP contribution in [0.3, 0.4) is 0 Å². The predicted octanol–water partition coefficient (Wildman–Crippen LogP) is 1.62. The lowest BCUT2D eigenvalue weighted by molar-refractivity contribution is 0.0263. The van der Waals surface area contributed by atoms with E-state index in [0.29, 0.717) is 12.5 Å². The Morgan fingerprint density at radius 1 is 1.31 bits per heavy atom. The monoisotopic (exact) mass is 227 g/mol. The minimum Gasteiger partial charge on any atom is -0.444 e. The molecule has 1 saturated heterocycles. The van der Waals surface area contributed by atoms with E-state index in [1.54, 1.807) is 4.90 Å². The first kappa shape index (κ1) is 11.7. The molecule has 2 fully saturated rings. The maximum atomic E-state index is 11.8. The molecule has 1 N–H and O–H groups in total. The van der Waals surface area contributed by atoms with Crippen molar-refractivity contribution in [3.05, 3.63) is 0 Å². The van der Waals surface area contributed by atoms with Crippen LogP contribution in [0.2, 0.25) is 0 Å². The van der Waals surface area contributed by atoms with Crippen LogP contribution in [0.15, 0.2) is 0 Å². The van der Waals surface area contributed by atoms with Crippen LogP contribution < -0.4 is 0 Å². The number of aliphatic hydroxyl groups is 1. The van der Waals surface area contributed by atoms with Gasteiger partial charge in [-0.2, -0.15) is 0 Å². The van der Waals surface area contributed by atoms with Crippen molar-refractivity contribution in [3.8, 4) is 0 Å². The molecule has 2 rings (SSSR count). The number of carbonyl (C=O) groups is 1. The van der Waals surface area contributed by atoms with Gasteiger partial charge in [0.1, 0.15) is 5.60 Å². The van der Waals surface area contributed by atoms with Gasteiger partial charge in [-0.05, 0) is 39.5 Å². The fraction of sp³-hybridized carbons (Fsp3) is 0.917. The van der Waals surface area contributed by atoms with Crippen molar-refractivity contribution in [1.82, 2.24) is 4.90 Å². The largest absolute Gasteiger partial charge is 0.444 e. The summed E-state index contributed by atoms with van der Waals surface area (Å²) in [6.45, 7) is 7.02. The number of fused-ring (bicyclic) bond motifs is 1. The lowest BCUT2D eigenvalue weighted by Crippen LogP contribution is -2.36. The van der Waals surface area contributed by atoms with Crippen molar-refractivity contribution in [3.63, 3.8) is 0 Å². The summed E-state index contributed by atoms with van der Waals surface area (Å²) in [4.78, 5) is 13.6. The summed E-state index contributed by atoms with van der Waals surface area (Å²) in [6.07, 6.45) is 1.45. The number of amides is 1. The first-order valence-electron chi connectivity index (χ1n) is 6.03. The molecule has 0 unspecified atom stereocenters. The van der Waals surface area contributed by atoms with Gasteiger partial charge in [-0.15, -0.1) is 0 Å². The fourth-order valence-corrected chi connectivity index (χ4v) is 2.71. The molecule has 0 aromatic carbocycles. The number of likely N-dealkylation sites (tertiary alicyclic amines) is 1. The number of ether oxygens (including phenoxy) is 1. The summed E-state index contributed by atoms with van der Waals surface area (Å²) in [5.74, 6) is 0.745. The maximum Gasteiger partial charge on any atom is 0.410 e. The molecule has 92 valence electrons. The molecule has 1 aliphatic carbocycles. The Morgan fingerprint density at radius 3 is 2.56 bits per heavy atom. The normalized spacial score (nSPS) is 34.0. The molecule has 1 saturated carbocycles. The molecule has 3 atom stereocenters. The molecule has 0 spiro atoms. The second-order valence-electron chi connectivity index (χ2n) is 5.95. The van der Waals surface area contributed by atoms with E-state index in [9.17, 15) is 9.90 Å². The summed E-state index contributed by atoms with van der Waals surface area (Å²) in [7, 11) is 0. The van der Waals surface area contributed by atoms with Crippen LogP contribution >= 0.6 is 0 Å². The molecule has 0 bridgehead atoms. The molecular weight excluding hydrogens is 206 g/mol. The van der Waals surface area contributed by atoms with Crippen LogP contribution in [0.25, 0.3) is 0 Å². The molecule has 1 aliphatic heterocycles. The summed E-state index contributed by atoms with van der Waals surface area (Å²) in [5, 5.41) is 9.75. The maximum absolute atomic E-state index is 11.8. The topological polar surface area (TPSA) is 49.8 Å². The van der Waals surface area contributed by atoms with Crippen LogP contribution in [0.5, 0.6) is 0 Å². The molecule has 4 nitrogen and oxygen atoms in total. The molecule has 1 amide bonds. The number of hydrogen-bond acceptors (Lipinski definition) is 3. The zero-order chi connectivity index (χ0) is 11.9. The van der Waals surface area contributed by atoms with E-state index < -0.39 is 5.60 Å². The van der Waals surface area contributed by atoms with Gasteiger partial charge in [0, 0.05) is 19.0 Å². The van der Waals surface area contributed by atoms with Gasteiger partial charge in [-0.3, -0.25) is 0 Å². The molecule has 0 aromatic rings. The van der Waals surface area contributed by atoms with Crippen molar-refractivity contribution in [1.29, 1.82) is 0 Å². The van der Waals surface area contributed by atoms with Gasteiger partial charge >= 0.3 is 6.09 Å². The number of hydrogen-bond donors (Lipinski definition) is 1. The first-order chi connectivity index (χ1) is 7.37. The Hall–Kier alpha value is -0.770. The van der Waals surface area contributed by atoms with Crippen molar-refractivity contribution in [2.45, 2.75) is 45.3 Å². The highest BCUT2D eigenvalue weighted by atomic mass is 16.6. The summed E-state index contributed by atoms with van der Waals surface area (Å²) < 4.78 is 5.33. The highest BCUT2D eigenvalue weighted by molar-refractivity contribution is 5.68. The number of nitrogens with zero attached hydrogens (tertiary/aromatic N) is 1. The van der Waals surface area contributed by atoms with E-state index in [1.807, 2.05) is 20.8 Å². The summed E-state index contributed by atoms with van der Waals surface area (Å²) in [5.41, 5.74) is -0.437. The lowest BCUT2D eigenvalue weighted by Gasteiger charge is -2.25. The van der Waals surface area contributed by atoms with Crippen LogP contribution in [-0.4, -0.2) is 40.9 Å². The van der Waals surface area contributed by atoms with Gasteiger partial charge in [0.15, 0.2) is 0 Å². The Labute approximate surface area is 96.6 Å². The van der Waals surface area contributed by atoms with Gasteiger partial charge in [-0.1, -0.05) is 0 Å². The Morgan fingerprint density at radius 2 is 2.00 bits per heavy atom. The average Bonchev–Trinajstić information content (AvgIpc) is 2.65. The van der Waals surface area contributed by atoms with E-state index in [4.69, 9.17) is 4.74 Å². The smallest absolute Gasteiger partial charge is 0.410 e. The summed E-state index contributed by atoms with van der Waals surface area (Å²) >= 11 is 0. The van der Waals surface area contributed by atoms with Gasteiger partial charge in [0.05, 0.1) is 6.10 Å². The Kier molecular flexibility index (Phi) is 2.86. The molecule has 0 aromatic heterocycles. The van der Waals surface area contributed by atoms with Gasteiger partial charge in [0.2, 0.25) is 0 Å². The van der Waals surface area contributed by atoms with Crippen LogP contribution in [0.4, 0.5) is 4.79 Å².